The maximum absolute atomic E-state index is 12.9. The van der Waals surface area contributed by atoms with Gasteiger partial charge in [-0.05, 0) is 37.8 Å². The average molecular weight is 391 g/mol. The maximum Gasteiger partial charge on any atom is 0.258 e. The van der Waals surface area contributed by atoms with E-state index in [1.807, 2.05) is 45.0 Å². The van der Waals surface area contributed by atoms with E-state index < -0.39 is 0 Å². The lowest BCUT2D eigenvalue weighted by molar-refractivity contribution is 0.0924. The molecule has 4 rings (SSSR count). The Hall–Kier alpha value is -1.92. The highest BCUT2D eigenvalue weighted by molar-refractivity contribution is 6.00. The van der Waals surface area contributed by atoms with Crippen molar-refractivity contribution in [2.24, 2.45) is 0 Å². The van der Waals surface area contributed by atoms with Gasteiger partial charge < -0.3 is 15.2 Å². The molecule has 2 aromatic rings. The van der Waals surface area contributed by atoms with Crippen molar-refractivity contribution in [3.63, 3.8) is 0 Å². The number of halogens is 1. The highest BCUT2D eigenvalue weighted by Crippen LogP contribution is 2.29. The monoisotopic (exact) mass is 390 g/mol. The second-order valence-corrected chi connectivity index (χ2v) is 8.50. The molecular weight excluding hydrogens is 364 g/mol. The quantitative estimate of drug-likeness (QED) is 0.838. The molecule has 2 unspecified atom stereocenters. The van der Waals surface area contributed by atoms with Crippen LogP contribution in [-0.2, 0) is 5.41 Å². The molecule has 1 aromatic carbocycles. The predicted molar refractivity (Wildman–Crippen MR) is 106 cm³/mol. The van der Waals surface area contributed by atoms with Gasteiger partial charge in [-0.2, -0.15) is 4.98 Å². The summed E-state index contributed by atoms with van der Waals surface area (Å²) in [7, 11) is 0. The van der Waals surface area contributed by atoms with Crippen molar-refractivity contribution in [1.29, 1.82) is 0 Å². The molecule has 2 aliphatic heterocycles. The molecule has 7 heteroatoms. The molecule has 2 atom stereocenters. The summed E-state index contributed by atoms with van der Waals surface area (Å²) in [6.45, 7) is 6.10. The number of aromatic nitrogens is 2. The SMILES string of the molecule is CC(C)(C)c1noc(-c2ccccc2C(=O)NC2CC3CCC(C2)N3)n1.Cl. The van der Waals surface area contributed by atoms with E-state index in [0.717, 1.165) is 12.8 Å². The molecule has 0 aliphatic carbocycles. The zero-order valence-electron chi connectivity index (χ0n) is 16.0. The largest absolute Gasteiger partial charge is 0.349 e. The second-order valence-electron chi connectivity index (χ2n) is 8.50. The average Bonchev–Trinajstić information content (AvgIpc) is 3.21. The van der Waals surface area contributed by atoms with E-state index >= 15 is 0 Å². The van der Waals surface area contributed by atoms with Crippen LogP contribution >= 0.6 is 12.4 Å². The summed E-state index contributed by atoms with van der Waals surface area (Å²) in [5.41, 5.74) is 1.07. The van der Waals surface area contributed by atoms with Gasteiger partial charge in [0.15, 0.2) is 5.82 Å². The van der Waals surface area contributed by atoms with Crippen molar-refractivity contribution >= 4 is 18.3 Å². The van der Waals surface area contributed by atoms with Crippen LogP contribution in [0.2, 0.25) is 0 Å². The van der Waals surface area contributed by atoms with Gasteiger partial charge in [0.05, 0.1) is 11.1 Å². The lowest BCUT2D eigenvalue weighted by Gasteiger charge is -2.29. The van der Waals surface area contributed by atoms with E-state index in [4.69, 9.17) is 4.52 Å². The Morgan fingerprint density at radius 2 is 1.85 bits per heavy atom. The van der Waals surface area contributed by atoms with Gasteiger partial charge >= 0.3 is 0 Å². The summed E-state index contributed by atoms with van der Waals surface area (Å²) in [4.78, 5) is 17.4. The summed E-state index contributed by atoms with van der Waals surface area (Å²) in [5, 5.41) is 10.9. The first-order chi connectivity index (χ1) is 12.4. The van der Waals surface area contributed by atoms with Crippen LogP contribution in [0.4, 0.5) is 0 Å². The minimum atomic E-state index is -0.201. The van der Waals surface area contributed by atoms with Crippen LogP contribution in [0.15, 0.2) is 28.8 Å². The fourth-order valence-electron chi connectivity index (χ4n) is 3.94. The van der Waals surface area contributed by atoms with Crippen LogP contribution in [0.25, 0.3) is 11.5 Å². The Balaban J connectivity index is 0.00000210. The molecule has 0 saturated carbocycles. The van der Waals surface area contributed by atoms with Gasteiger partial charge in [0.1, 0.15) is 0 Å². The molecule has 27 heavy (non-hydrogen) atoms. The number of hydrogen-bond acceptors (Lipinski definition) is 5. The van der Waals surface area contributed by atoms with Gasteiger partial charge in [-0.3, -0.25) is 4.79 Å². The van der Waals surface area contributed by atoms with E-state index in [0.29, 0.717) is 34.9 Å². The first-order valence-electron chi connectivity index (χ1n) is 9.40. The third-order valence-corrected chi connectivity index (χ3v) is 5.31. The fourth-order valence-corrected chi connectivity index (χ4v) is 3.94. The van der Waals surface area contributed by atoms with Crippen molar-refractivity contribution in [2.45, 2.75) is 70.0 Å². The molecule has 1 aromatic heterocycles. The molecule has 0 radical (unpaired) electrons. The van der Waals surface area contributed by atoms with Gasteiger partial charge in [-0.15, -0.1) is 12.4 Å². The van der Waals surface area contributed by atoms with Crippen LogP contribution in [0.5, 0.6) is 0 Å². The zero-order chi connectivity index (χ0) is 18.3. The lowest BCUT2D eigenvalue weighted by atomic mass is 9.96. The van der Waals surface area contributed by atoms with Gasteiger partial charge in [0.25, 0.3) is 11.8 Å². The Kier molecular flexibility index (Phi) is 5.58. The number of piperidine rings is 1. The van der Waals surface area contributed by atoms with Crippen molar-refractivity contribution in [3.8, 4) is 11.5 Å². The second kappa shape index (κ2) is 7.60. The molecule has 6 nitrogen and oxygen atoms in total. The van der Waals surface area contributed by atoms with Gasteiger partial charge in [0.2, 0.25) is 0 Å². The highest BCUT2D eigenvalue weighted by atomic mass is 35.5. The smallest absolute Gasteiger partial charge is 0.258 e. The van der Waals surface area contributed by atoms with Crippen molar-refractivity contribution in [2.75, 3.05) is 0 Å². The van der Waals surface area contributed by atoms with Gasteiger partial charge in [-0.25, -0.2) is 0 Å². The van der Waals surface area contributed by atoms with Crippen molar-refractivity contribution in [3.05, 3.63) is 35.7 Å². The zero-order valence-corrected chi connectivity index (χ0v) is 16.8. The van der Waals surface area contributed by atoms with Crippen LogP contribution < -0.4 is 10.6 Å². The Morgan fingerprint density at radius 3 is 2.48 bits per heavy atom. The summed E-state index contributed by atoms with van der Waals surface area (Å²) in [6.07, 6.45) is 4.43. The van der Waals surface area contributed by atoms with E-state index in [-0.39, 0.29) is 29.8 Å². The van der Waals surface area contributed by atoms with Crippen molar-refractivity contribution in [1.82, 2.24) is 20.8 Å². The number of carbonyl (C=O) groups is 1. The summed E-state index contributed by atoms with van der Waals surface area (Å²) in [5.74, 6) is 0.964. The third kappa shape index (κ3) is 4.17. The molecule has 2 fully saturated rings. The number of benzene rings is 1. The molecule has 1 amide bonds. The van der Waals surface area contributed by atoms with Gasteiger partial charge in [-0.1, -0.05) is 38.1 Å². The predicted octanol–water partition coefficient (Wildman–Crippen LogP) is 3.47. The Labute approximate surface area is 165 Å². The molecule has 146 valence electrons. The number of fused-ring (bicyclic) bond motifs is 2. The number of carbonyl (C=O) groups excluding carboxylic acids is 1. The number of hydrogen-bond donors (Lipinski definition) is 2. The molecule has 2 bridgehead atoms. The highest BCUT2D eigenvalue weighted by Gasteiger charge is 2.34. The third-order valence-electron chi connectivity index (χ3n) is 5.31. The summed E-state index contributed by atoms with van der Waals surface area (Å²) >= 11 is 0. The normalized spacial score (nSPS) is 24.3. The van der Waals surface area contributed by atoms with Crippen LogP contribution in [0, 0.1) is 0 Å². The van der Waals surface area contributed by atoms with E-state index in [1.165, 1.54) is 12.8 Å². The molecule has 2 saturated heterocycles. The molecule has 0 spiro atoms. The van der Waals surface area contributed by atoms with E-state index in [9.17, 15) is 4.79 Å². The van der Waals surface area contributed by atoms with Gasteiger partial charge in [0, 0.05) is 23.5 Å². The Morgan fingerprint density at radius 1 is 1.19 bits per heavy atom. The molecule has 2 aliphatic rings. The molecule has 2 N–H and O–H groups in total. The van der Waals surface area contributed by atoms with Crippen molar-refractivity contribution < 1.29 is 9.32 Å². The summed E-state index contributed by atoms with van der Waals surface area (Å²) in [6, 6.07) is 8.74. The standard InChI is InChI=1S/C20H26N4O2.ClH/c1-20(2,3)19-23-18(26-24-19)16-7-5-4-6-15(16)17(25)22-14-10-12-8-9-13(11-14)21-12;/h4-7,12-14,21H,8-11H2,1-3H3,(H,22,25);1H. The minimum absolute atomic E-state index is 0. The fraction of sp³-hybridized carbons (Fsp3) is 0.550. The topological polar surface area (TPSA) is 80.0 Å². The van der Waals surface area contributed by atoms with Crippen LogP contribution in [0.1, 0.15) is 62.6 Å². The van der Waals surface area contributed by atoms with E-state index in [2.05, 4.69) is 20.8 Å². The molecule has 3 heterocycles. The Bertz CT molecular complexity index is 802. The summed E-state index contributed by atoms with van der Waals surface area (Å²) < 4.78 is 5.45. The van der Waals surface area contributed by atoms with Crippen LogP contribution in [0.3, 0.4) is 0 Å². The molecular formula is C20H27ClN4O2. The lowest BCUT2D eigenvalue weighted by Crippen LogP contribution is -2.48. The maximum atomic E-state index is 12.9. The number of amides is 1. The number of nitrogens with zero attached hydrogens (tertiary/aromatic N) is 2. The van der Waals surface area contributed by atoms with E-state index in [1.54, 1.807) is 0 Å². The first-order valence-corrected chi connectivity index (χ1v) is 9.40. The first kappa shape index (κ1) is 19.8. The number of rotatable bonds is 3. The van der Waals surface area contributed by atoms with Crippen LogP contribution in [-0.4, -0.2) is 34.2 Å². The minimum Gasteiger partial charge on any atom is -0.349 e. The number of nitrogens with one attached hydrogen (secondary N) is 2.